The van der Waals surface area contributed by atoms with Crippen LogP contribution in [0.5, 0.6) is 0 Å². The van der Waals surface area contributed by atoms with Crippen LogP contribution in [0.2, 0.25) is 0 Å². The molecule has 3 aromatic rings. The van der Waals surface area contributed by atoms with E-state index in [1.807, 2.05) is 30.3 Å². The van der Waals surface area contributed by atoms with Gasteiger partial charge < -0.3 is 9.52 Å². The molecule has 0 aliphatic rings. The normalized spacial score (nSPS) is 12.2. The lowest BCUT2D eigenvalue weighted by atomic mass is 10.1. The molecular formula is C19H21FN2O2. The van der Waals surface area contributed by atoms with Crippen molar-refractivity contribution in [3.8, 4) is 0 Å². The van der Waals surface area contributed by atoms with Gasteiger partial charge in [-0.1, -0.05) is 30.3 Å². The van der Waals surface area contributed by atoms with Crippen LogP contribution in [0.4, 0.5) is 4.39 Å². The van der Waals surface area contributed by atoms with Gasteiger partial charge in [0.1, 0.15) is 11.3 Å². The Morgan fingerprint density at radius 3 is 2.58 bits per heavy atom. The van der Waals surface area contributed by atoms with Crippen LogP contribution in [-0.4, -0.2) is 27.1 Å². The minimum absolute atomic E-state index is 0.333. The highest BCUT2D eigenvalue weighted by atomic mass is 19.1. The molecule has 4 nitrogen and oxygen atoms in total. The second-order valence-electron chi connectivity index (χ2n) is 6.66. The van der Waals surface area contributed by atoms with Crippen molar-refractivity contribution in [2.24, 2.45) is 0 Å². The molecule has 1 N–H and O–H groups in total. The lowest BCUT2D eigenvalue weighted by Crippen LogP contribution is -2.37. The molecule has 0 radical (unpaired) electrons. The molecule has 0 saturated carbocycles. The van der Waals surface area contributed by atoms with Gasteiger partial charge >= 0.3 is 0 Å². The second-order valence-corrected chi connectivity index (χ2v) is 6.66. The molecule has 0 aliphatic heterocycles. The Morgan fingerprint density at radius 1 is 1.12 bits per heavy atom. The van der Waals surface area contributed by atoms with Crippen molar-refractivity contribution in [1.29, 1.82) is 0 Å². The predicted octanol–water partition coefficient (Wildman–Crippen LogP) is 3.74. The van der Waals surface area contributed by atoms with Crippen LogP contribution in [-0.2, 0) is 13.1 Å². The Morgan fingerprint density at radius 2 is 1.88 bits per heavy atom. The lowest BCUT2D eigenvalue weighted by molar-refractivity contribution is 0.0281. The maximum Gasteiger partial charge on any atom is 0.209 e. The molecule has 5 heteroatoms. The molecule has 0 saturated heterocycles. The van der Waals surface area contributed by atoms with Crippen molar-refractivity contribution in [3.05, 3.63) is 65.8 Å². The number of hydrogen-bond acceptors (Lipinski definition) is 4. The van der Waals surface area contributed by atoms with E-state index in [2.05, 4.69) is 9.88 Å². The zero-order valence-corrected chi connectivity index (χ0v) is 13.9. The molecule has 3 rings (SSSR count). The summed E-state index contributed by atoms with van der Waals surface area (Å²) in [5, 5.41) is 10.2. The molecule has 24 heavy (non-hydrogen) atoms. The number of aliphatic hydroxyl groups is 1. The highest BCUT2D eigenvalue weighted by molar-refractivity contribution is 5.72. The molecule has 0 amide bonds. The number of halogens is 1. The van der Waals surface area contributed by atoms with Gasteiger partial charge in [-0.25, -0.2) is 9.37 Å². The minimum atomic E-state index is -0.840. The molecule has 0 spiro atoms. The van der Waals surface area contributed by atoms with E-state index < -0.39 is 5.60 Å². The van der Waals surface area contributed by atoms with Crippen LogP contribution < -0.4 is 0 Å². The highest BCUT2D eigenvalue weighted by Gasteiger charge is 2.20. The van der Waals surface area contributed by atoms with Crippen molar-refractivity contribution in [2.75, 3.05) is 6.54 Å². The van der Waals surface area contributed by atoms with Gasteiger partial charge in [0.05, 0.1) is 12.1 Å². The molecule has 126 valence electrons. The van der Waals surface area contributed by atoms with Gasteiger partial charge in [-0.2, -0.15) is 0 Å². The summed E-state index contributed by atoms with van der Waals surface area (Å²) < 4.78 is 19.0. The maximum atomic E-state index is 13.3. The molecule has 0 atom stereocenters. The van der Waals surface area contributed by atoms with Gasteiger partial charge in [-0.05, 0) is 31.5 Å². The number of fused-ring (bicyclic) bond motifs is 1. The first-order valence-corrected chi connectivity index (χ1v) is 7.93. The standard InChI is InChI=1S/C19H21FN2O2/c1-19(2,23)13-22(11-14-6-4-3-5-7-14)12-18-21-16-10-15(20)8-9-17(16)24-18/h3-10,23H,11-13H2,1-2H3. The largest absolute Gasteiger partial charge is 0.439 e. The number of oxazole rings is 1. The fourth-order valence-electron chi connectivity index (χ4n) is 2.76. The van der Waals surface area contributed by atoms with Crippen molar-refractivity contribution in [3.63, 3.8) is 0 Å². The quantitative estimate of drug-likeness (QED) is 0.749. The first-order valence-electron chi connectivity index (χ1n) is 7.93. The summed E-state index contributed by atoms with van der Waals surface area (Å²) in [4.78, 5) is 6.42. The van der Waals surface area contributed by atoms with E-state index in [1.165, 1.54) is 12.1 Å². The third-order valence-electron chi connectivity index (χ3n) is 3.61. The summed E-state index contributed by atoms with van der Waals surface area (Å²) in [7, 11) is 0. The smallest absolute Gasteiger partial charge is 0.209 e. The molecule has 1 aromatic heterocycles. The van der Waals surface area contributed by atoms with Crippen LogP contribution in [0.3, 0.4) is 0 Å². The maximum absolute atomic E-state index is 13.3. The van der Waals surface area contributed by atoms with Gasteiger partial charge in [-0.3, -0.25) is 4.90 Å². The van der Waals surface area contributed by atoms with E-state index in [9.17, 15) is 9.50 Å². The zero-order chi connectivity index (χ0) is 17.2. The van der Waals surface area contributed by atoms with Gasteiger partial charge in [0, 0.05) is 19.2 Å². The molecule has 0 aliphatic carbocycles. The Hall–Kier alpha value is -2.24. The number of nitrogens with zero attached hydrogens (tertiary/aromatic N) is 2. The molecule has 0 fully saturated rings. The van der Waals surface area contributed by atoms with E-state index in [-0.39, 0.29) is 5.82 Å². The summed E-state index contributed by atoms with van der Waals surface area (Å²) >= 11 is 0. The Balaban J connectivity index is 1.81. The topological polar surface area (TPSA) is 49.5 Å². The first kappa shape index (κ1) is 16.6. The number of rotatable bonds is 6. The SMILES string of the molecule is CC(C)(O)CN(Cc1ccccc1)Cc1nc2cc(F)ccc2o1. The summed E-state index contributed by atoms with van der Waals surface area (Å²) in [6.45, 7) is 5.11. The summed E-state index contributed by atoms with van der Waals surface area (Å²) in [6, 6.07) is 14.3. The first-order chi connectivity index (χ1) is 11.4. The number of benzene rings is 2. The fraction of sp³-hybridized carbons (Fsp3) is 0.316. The second kappa shape index (κ2) is 6.71. The van der Waals surface area contributed by atoms with E-state index in [4.69, 9.17) is 4.42 Å². The van der Waals surface area contributed by atoms with Crippen molar-refractivity contribution in [2.45, 2.75) is 32.5 Å². The molecule has 0 bridgehead atoms. The van der Waals surface area contributed by atoms with Gasteiger partial charge in [0.2, 0.25) is 5.89 Å². The van der Waals surface area contributed by atoms with Gasteiger partial charge in [0.15, 0.2) is 5.58 Å². The van der Waals surface area contributed by atoms with Crippen LogP contribution in [0.15, 0.2) is 52.9 Å². The zero-order valence-electron chi connectivity index (χ0n) is 13.9. The molecule has 0 unspecified atom stereocenters. The van der Waals surface area contributed by atoms with E-state index in [1.54, 1.807) is 19.9 Å². The molecule has 1 heterocycles. The minimum Gasteiger partial charge on any atom is -0.439 e. The molecular weight excluding hydrogens is 307 g/mol. The Kier molecular flexibility index (Phi) is 4.64. The lowest BCUT2D eigenvalue weighted by Gasteiger charge is -2.28. The van der Waals surface area contributed by atoms with Crippen LogP contribution >= 0.6 is 0 Å². The van der Waals surface area contributed by atoms with Crippen LogP contribution in [0.1, 0.15) is 25.3 Å². The average Bonchev–Trinajstić information content (AvgIpc) is 2.87. The van der Waals surface area contributed by atoms with Crippen LogP contribution in [0, 0.1) is 5.82 Å². The third-order valence-corrected chi connectivity index (χ3v) is 3.61. The van der Waals surface area contributed by atoms with Crippen molar-refractivity contribution in [1.82, 2.24) is 9.88 Å². The number of hydrogen-bond donors (Lipinski definition) is 1. The average molecular weight is 328 g/mol. The monoisotopic (exact) mass is 328 g/mol. The van der Waals surface area contributed by atoms with Crippen molar-refractivity contribution >= 4 is 11.1 Å². The summed E-state index contributed by atoms with van der Waals surface area (Å²) in [6.07, 6.45) is 0. The van der Waals surface area contributed by atoms with E-state index in [0.29, 0.717) is 36.6 Å². The number of aromatic nitrogens is 1. The summed E-state index contributed by atoms with van der Waals surface area (Å²) in [5.41, 5.74) is 1.37. The van der Waals surface area contributed by atoms with E-state index >= 15 is 0 Å². The van der Waals surface area contributed by atoms with Crippen molar-refractivity contribution < 1.29 is 13.9 Å². The van der Waals surface area contributed by atoms with E-state index in [0.717, 1.165) is 5.56 Å². The fourth-order valence-corrected chi connectivity index (χ4v) is 2.76. The third kappa shape index (κ3) is 4.40. The van der Waals surface area contributed by atoms with Gasteiger partial charge in [0.25, 0.3) is 0 Å². The van der Waals surface area contributed by atoms with Crippen LogP contribution in [0.25, 0.3) is 11.1 Å². The Bertz CT molecular complexity index is 809. The summed E-state index contributed by atoms with van der Waals surface area (Å²) in [5.74, 6) is 0.177. The molecule has 2 aromatic carbocycles. The Labute approximate surface area is 140 Å². The van der Waals surface area contributed by atoms with Gasteiger partial charge in [-0.15, -0.1) is 0 Å². The predicted molar refractivity (Wildman–Crippen MR) is 90.8 cm³/mol. The highest BCUT2D eigenvalue weighted by Crippen LogP contribution is 2.19.